The molecule has 2 atom stereocenters. The maximum Gasteiger partial charge on any atom is 0.332 e. The number of methoxy groups -OCH3 is 2. The number of nitrogens with one attached hydrogen (secondary N) is 1. The van der Waals surface area contributed by atoms with Crippen LogP contribution in [-0.4, -0.2) is 61.1 Å². The summed E-state index contributed by atoms with van der Waals surface area (Å²) in [5.74, 6) is -0.427. The third-order valence-electron chi connectivity index (χ3n) is 7.17. The highest BCUT2D eigenvalue weighted by Gasteiger charge is 2.67. The number of ether oxygens (including phenoxy) is 2. The Bertz CT molecular complexity index is 1320. The van der Waals surface area contributed by atoms with Crippen LogP contribution in [0.25, 0.3) is 0 Å². The number of hydrogen-bond acceptors (Lipinski definition) is 8. The van der Waals surface area contributed by atoms with Crippen LogP contribution in [0.3, 0.4) is 0 Å². The summed E-state index contributed by atoms with van der Waals surface area (Å²) in [5.41, 5.74) is 0.689. The third-order valence-corrected chi connectivity index (χ3v) is 7.17. The Kier molecular flexibility index (Phi) is 5.46. The minimum atomic E-state index is -1.76. The number of anilines is 1. The van der Waals surface area contributed by atoms with Crippen molar-refractivity contribution in [2.24, 2.45) is 5.41 Å². The predicted molar refractivity (Wildman–Crippen MR) is 129 cm³/mol. The molecule has 186 valence electrons. The van der Waals surface area contributed by atoms with Gasteiger partial charge in [-0.1, -0.05) is 29.4 Å². The van der Waals surface area contributed by atoms with E-state index in [0.29, 0.717) is 39.8 Å². The summed E-state index contributed by atoms with van der Waals surface area (Å²) in [7, 11) is 5.90. The molecule has 0 radical (unpaired) electrons. The van der Waals surface area contributed by atoms with Gasteiger partial charge in [-0.05, 0) is 42.3 Å². The van der Waals surface area contributed by atoms with Crippen molar-refractivity contribution in [3.05, 3.63) is 70.9 Å². The zero-order valence-corrected chi connectivity index (χ0v) is 20.6. The number of aromatic nitrogens is 1. The van der Waals surface area contributed by atoms with Gasteiger partial charge in [0.2, 0.25) is 17.7 Å². The van der Waals surface area contributed by atoms with Gasteiger partial charge < -0.3 is 19.3 Å². The van der Waals surface area contributed by atoms with Crippen molar-refractivity contribution in [2.75, 3.05) is 33.6 Å². The first kappa shape index (κ1) is 23.4. The van der Waals surface area contributed by atoms with Crippen LogP contribution in [0, 0.1) is 12.3 Å². The number of benzene rings is 2. The molecule has 10 heteroatoms. The number of carbonyl (C=O) groups excluding carboxylic acids is 3. The number of carbonyl (C=O) groups is 3. The first-order valence-corrected chi connectivity index (χ1v) is 11.4. The summed E-state index contributed by atoms with van der Waals surface area (Å²) in [4.78, 5) is 43.3. The first-order chi connectivity index (χ1) is 17.2. The smallest absolute Gasteiger partial charge is 0.332 e. The average Bonchev–Trinajstić information content (AvgIpc) is 3.29. The maximum atomic E-state index is 14.2. The second-order valence-corrected chi connectivity index (χ2v) is 8.95. The lowest BCUT2D eigenvalue weighted by Gasteiger charge is -2.51. The molecule has 1 spiro atoms. The van der Waals surface area contributed by atoms with Crippen LogP contribution in [0.1, 0.15) is 34.3 Å². The molecule has 3 aromatic rings. The van der Waals surface area contributed by atoms with Crippen molar-refractivity contribution in [3.63, 3.8) is 0 Å². The third kappa shape index (κ3) is 3.10. The standard InChI is InChI=1S/C26H26N4O6/c1-14-19-20(15-6-10-17(34-4)11-7-15)26(23(31)29(2)25(33)30(3)24(26)32)21(27-22(19)36-28-14)16-8-12-18(35-5)13-9-16/h6-13,20-21,27H,1-5H3/t20-,21+/m0/s1. The highest BCUT2D eigenvalue weighted by Crippen LogP contribution is 2.59. The molecule has 2 aromatic carbocycles. The van der Waals surface area contributed by atoms with Crippen molar-refractivity contribution in [1.29, 1.82) is 0 Å². The Morgan fingerprint density at radius 3 is 1.86 bits per heavy atom. The Hall–Kier alpha value is -4.34. The van der Waals surface area contributed by atoms with Gasteiger partial charge >= 0.3 is 6.03 Å². The molecule has 0 saturated carbocycles. The van der Waals surface area contributed by atoms with Crippen LogP contribution in [0.15, 0.2) is 53.1 Å². The van der Waals surface area contributed by atoms with Crippen molar-refractivity contribution in [3.8, 4) is 11.5 Å². The summed E-state index contributed by atoms with van der Waals surface area (Å²) in [6, 6.07) is 12.7. The van der Waals surface area contributed by atoms with Gasteiger partial charge in [-0.2, -0.15) is 0 Å². The molecule has 1 N–H and O–H groups in total. The van der Waals surface area contributed by atoms with E-state index in [1.165, 1.54) is 14.1 Å². The molecule has 4 amide bonds. The van der Waals surface area contributed by atoms with E-state index in [1.807, 2.05) is 12.1 Å². The Morgan fingerprint density at radius 1 is 0.861 bits per heavy atom. The van der Waals surface area contributed by atoms with Crippen molar-refractivity contribution >= 4 is 23.7 Å². The molecule has 0 unspecified atom stereocenters. The normalized spacial score (nSPS) is 20.9. The topological polar surface area (TPSA) is 114 Å². The van der Waals surface area contributed by atoms with Gasteiger partial charge in [0.1, 0.15) is 11.5 Å². The van der Waals surface area contributed by atoms with Crippen molar-refractivity contribution in [2.45, 2.75) is 18.9 Å². The molecular formula is C26H26N4O6. The summed E-state index contributed by atoms with van der Waals surface area (Å²) < 4.78 is 16.3. The Labute approximate surface area is 207 Å². The molecule has 0 bridgehead atoms. The van der Waals surface area contributed by atoms with E-state index < -0.39 is 35.2 Å². The number of nitrogens with zero attached hydrogens (tertiary/aromatic N) is 3. The SMILES string of the molecule is COc1ccc([C@H]2c3c(C)noc3N[C@H](c3ccc(OC)cc3)C23C(=O)N(C)C(=O)N(C)C3=O)cc1. The molecular weight excluding hydrogens is 464 g/mol. The quantitative estimate of drug-likeness (QED) is 0.554. The lowest BCUT2D eigenvalue weighted by Crippen LogP contribution is -2.68. The summed E-state index contributed by atoms with van der Waals surface area (Å²) in [5, 5.41) is 7.42. The Morgan fingerprint density at radius 2 is 1.36 bits per heavy atom. The molecule has 5 rings (SSSR count). The lowest BCUT2D eigenvalue weighted by molar-refractivity contribution is -0.160. The molecule has 1 saturated heterocycles. The molecule has 10 nitrogen and oxygen atoms in total. The Balaban J connectivity index is 1.84. The number of imide groups is 2. The number of rotatable bonds is 4. The van der Waals surface area contributed by atoms with E-state index in [4.69, 9.17) is 14.0 Å². The van der Waals surface area contributed by atoms with Gasteiger partial charge in [0, 0.05) is 25.6 Å². The van der Waals surface area contributed by atoms with E-state index in [0.717, 1.165) is 9.80 Å². The summed E-state index contributed by atoms with van der Waals surface area (Å²) in [6.45, 7) is 1.76. The highest BCUT2D eigenvalue weighted by molar-refractivity contribution is 6.20. The number of fused-ring (bicyclic) bond motifs is 1. The highest BCUT2D eigenvalue weighted by atomic mass is 16.5. The zero-order valence-electron chi connectivity index (χ0n) is 20.6. The minimum absolute atomic E-state index is 0.363. The van der Waals surface area contributed by atoms with Crippen LogP contribution in [-0.2, 0) is 9.59 Å². The largest absolute Gasteiger partial charge is 0.497 e. The molecule has 36 heavy (non-hydrogen) atoms. The van der Waals surface area contributed by atoms with Gasteiger partial charge in [-0.15, -0.1) is 0 Å². The number of barbiturate groups is 1. The van der Waals surface area contributed by atoms with Gasteiger partial charge in [0.25, 0.3) is 0 Å². The zero-order chi connectivity index (χ0) is 25.8. The van der Waals surface area contributed by atoms with Crippen LogP contribution < -0.4 is 14.8 Å². The molecule has 0 aliphatic carbocycles. The van der Waals surface area contributed by atoms with Crippen LogP contribution in [0.4, 0.5) is 10.7 Å². The number of hydrogen-bond donors (Lipinski definition) is 1. The average molecular weight is 491 g/mol. The van der Waals surface area contributed by atoms with Crippen LogP contribution >= 0.6 is 0 Å². The molecule has 2 aliphatic heterocycles. The lowest BCUT2D eigenvalue weighted by atomic mass is 9.59. The van der Waals surface area contributed by atoms with Gasteiger partial charge in [-0.3, -0.25) is 19.4 Å². The monoisotopic (exact) mass is 490 g/mol. The van der Waals surface area contributed by atoms with E-state index in [1.54, 1.807) is 57.5 Å². The number of urea groups is 1. The molecule has 1 fully saturated rings. The van der Waals surface area contributed by atoms with Gasteiger partial charge in [0.05, 0.1) is 26.0 Å². The van der Waals surface area contributed by atoms with Crippen molar-refractivity contribution < 1.29 is 28.4 Å². The molecule has 3 heterocycles. The molecule has 1 aromatic heterocycles. The maximum absolute atomic E-state index is 14.2. The molecule has 2 aliphatic rings. The van der Waals surface area contributed by atoms with E-state index in [9.17, 15) is 14.4 Å². The van der Waals surface area contributed by atoms with Crippen LogP contribution in [0.5, 0.6) is 11.5 Å². The predicted octanol–water partition coefficient (Wildman–Crippen LogP) is 3.34. The first-order valence-electron chi connectivity index (χ1n) is 11.4. The van der Waals surface area contributed by atoms with Crippen LogP contribution in [0.2, 0.25) is 0 Å². The minimum Gasteiger partial charge on any atom is -0.497 e. The summed E-state index contributed by atoms with van der Waals surface area (Å²) >= 11 is 0. The van der Waals surface area contributed by atoms with E-state index in [2.05, 4.69) is 10.5 Å². The fourth-order valence-corrected chi connectivity index (χ4v) is 5.37. The fourth-order valence-electron chi connectivity index (χ4n) is 5.37. The number of amides is 4. The van der Waals surface area contributed by atoms with E-state index in [-0.39, 0.29) is 0 Å². The second-order valence-electron chi connectivity index (χ2n) is 8.95. The number of aryl methyl sites for hydroxylation is 1. The van der Waals surface area contributed by atoms with E-state index >= 15 is 0 Å². The fraction of sp³-hybridized carbons (Fsp3) is 0.308. The second kappa shape index (κ2) is 8.40. The van der Waals surface area contributed by atoms with Gasteiger partial charge in [-0.25, -0.2) is 4.79 Å². The van der Waals surface area contributed by atoms with Gasteiger partial charge in [0.15, 0.2) is 5.41 Å². The summed E-state index contributed by atoms with van der Waals surface area (Å²) in [6.07, 6.45) is 0. The van der Waals surface area contributed by atoms with Crippen molar-refractivity contribution in [1.82, 2.24) is 15.0 Å².